The first-order valence-corrected chi connectivity index (χ1v) is 18.1. The van der Waals surface area contributed by atoms with Crippen LogP contribution < -0.4 is 0 Å². The molecule has 12 atom stereocenters. The van der Waals surface area contributed by atoms with Gasteiger partial charge in [-0.05, 0) is 124 Å². The number of esters is 1. The maximum Gasteiger partial charge on any atom is 0.338 e. The zero-order valence-corrected chi connectivity index (χ0v) is 30.2. The second-order valence-electron chi connectivity index (χ2n) is 18.2. The molecule has 5 aliphatic carbocycles. The van der Waals surface area contributed by atoms with E-state index in [1.165, 1.54) is 19.3 Å². The number of hydrogen-bond acceptors (Lipinski definition) is 6. The van der Waals surface area contributed by atoms with E-state index < -0.39 is 0 Å². The number of carbonyl (C=O) groups excluding carboxylic acids is 1. The van der Waals surface area contributed by atoms with Gasteiger partial charge in [-0.15, -0.1) is 0 Å². The summed E-state index contributed by atoms with van der Waals surface area (Å²) in [5.41, 5.74) is 0.654. The van der Waals surface area contributed by atoms with Gasteiger partial charge in [-0.1, -0.05) is 45.9 Å². The Morgan fingerprint density at radius 1 is 0.826 bits per heavy atom. The Labute approximate surface area is 278 Å². The van der Waals surface area contributed by atoms with E-state index in [1.54, 1.807) is 0 Å². The van der Waals surface area contributed by atoms with E-state index >= 15 is 0 Å². The van der Waals surface area contributed by atoms with Crippen molar-refractivity contribution in [1.29, 1.82) is 0 Å². The number of methoxy groups -OCH3 is 3. The van der Waals surface area contributed by atoms with Crippen LogP contribution in [0.15, 0.2) is 30.3 Å². The van der Waals surface area contributed by atoms with Gasteiger partial charge in [0.1, 0.15) is 6.10 Å². The molecule has 0 N–H and O–H groups in total. The van der Waals surface area contributed by atoms with Gasteiger partial charge >= 0.3 is 5.97 Å². The van der Waals surface area contributed by atoms with Gasteiger partial charge in [0, 0.05) is 32.7 Å². The molecular formula is C40H60O6. The average Bonchev–Trinajstić information content (AvgIpc) is 3.38. The van der Waals surface area contributed by atoms with Gasteiger partial charge in [0.25, 0.3) is 0 Å². The Bertz CT molecular complexity index is 1340. The van der Waals surface area contributed by atoms with Crippen LogP contribution in [-0.2, 0) is 23.7 Å². The van der Waals surface area contributed by atoms with Gasteiger partial charge in [0.05, 0.1) is 35.1 Å². The summed E-state index contributed by atoms with van der Waals surface area (Å²) in [6.07, 6.45) is 10.3. The molecule has 1 heterocycles. The Balaban J connectivity index is 1.20. The number of hydrogen-bond donors (Lipinski definition) is 0. The zero-order chi connectivity index (χ0) is 33.1. The quantitative estimate of drug-likeness (QED) is 0.281. The molecule has 256 valence electrons. The third-order valence-corrected chi connectivity index (χ3v) is 16.1. The van der Waals surface area contributed by atoms with Crippen LogP contribution in [0, 0.1) is 44.8 Å². The summed E-state index contributed by atoms with van der Waals surface area (Å²) < 4.78 is 32.4. The molecule has 2 spiro atoms. The topological polar surface area (TPSA) is 63.2 Å². The maximum atomic E-state index is 13.3. The molecule has 5 saturated carbocycles. The van der Waals surface area contributed by atoms with E-state index in [1.807, 2.05) is 51.7 Å². The molecule has 46 heavy (non-hydrogen) atoms. The molecule has 0 radical (unpaired) electrons. The minimum Gasteiger partial charge on any atom is -0.458 e. The van der Waals surface area contributed by atoms with Crippen molar-refractivity contribution >= 4 is 5.97 Å². The fourth-order valence-electron chi connectivity index (χ4n) is 13.6. The minimum absolute atomic E-state index is 0.0822. The molecule has 6 aliphatic rings. The predicted octanol–water partition coefficient (Wildman–Crippen LogP) is 8.26. The lowest BCUT2D eigenvalue weighted by Crippen LogP contribution is -2.62. The van der Waals surface area contributed by atoms with Crippen LogP contribution in [0.3, 0.4) is 0 Å². The van der Waals surface area contributed by atoms with Gasteiger partial charge in [-0.3, -0.25) is 0 Å². The lowest BCUT2D eigenvalue weighted by molar-refractivity contribution is -0.218. The monoisotopic (exact) mass is 636 g/mol. The first-order chi connectivity index (χ1) is 21.6. The van der Waals surface area contributed by atoms with E-state index in [0.717, 1.165) is 38.5 Å². The number of fused-ring (bicyclic) bond motifs is 2. The van der Waals surface area contributed by atoms with Crippen LogP contribution in [0.4, 0.5) is 0 Å². The van der Waals surface area contributed by atoms with E-state index in [4.69, 9.17) is 23.7 Å². The second kappa shape index (κ2) is 10.5. The second-order valence-corrected chi connectivity index (χ2v) is 18.2. The van der Waals surface area contributed by atoms with Crippen molar-refractivity contribution in [1.82, 2.24) is 0 Å². The lowest BCUT2D eigenvalue weighted by Gasteiger charge is -2.65. The van der Waals surface area contributed by atoms with Crippen LogP contribution >= 0.6 is 0 Å². The highest BCUT2D eigenvalue weighted by Gasteiger charge is 2.85. The fourth-order valence-corrected chi connectivity index (χ4v) is 13.6. The lowest BCUT2D eigenvalue weighted by atomic mass is 9.41. The SMILES string of the molecule is CO[C@H]1C[C@@]2(C)C3C[C@H](OC)[C@H]4C(C)(C)[C@@H](OC(=O)c5ccccc5)CCC45CC35CC[C@]2(C)[C@H]1[C@@]1(C)CC[C@@H](C(C)(C)OC)O1. The Hall–Kier alpha value is -1.47. The van der Waals surface area contributed by atoms with Crippen LogP contribution in [0.5, 0.6) is 0 Å². The summed E-state index contributed by atoms with van der Waals surface area (Å²) in [7, 11) is 5.66. The molecule has 0 bridgehead atoms. The molecule has 0 amide bonds. The number of ether oxygens (including phenoxy) is 5. The molecule has 3 unspecified atom stereocenters. The molecular weight excluding hydrogens is 576 g/mol. The van der Waals surface area contributed by atoms with Crippen molar-refractivity contribution in [3.8, 4) is 0 Å². The van der Waals surface area contributed by atoms with Crippen LogP contribution in [0.2, 0.25) is 0 Å². The van der Waals surface area contributed by atoms with E-state index in [2.05, 4.69) is 48.5 Å². The minimum atomic E-state index is -0.314. The molecule has 1 aromatic carbocycles. The Morgan fingerprint density at radius 2 is 1.52 bits per heavy atom. The smallest absolute Gasteiger partial charge is 0.338 e. The highest BCUT2D eigenvalue weighted by atomic mass is 16.6. The summed E-state index contributed by atoms with van der Waals surface area (Å²) in [5, 5.41) is 0. The number of carbonyl (C=O) groups is 1. The van der Waals surface area contributed by atoms with Crippen LogP contribution in [0.25, 0.3) is 0 Å². The van der Waals surface area contributed by atoms with Crippen molar-refractivity contribution in [3.05, 3.63) is 35.9 Å². The van der Waals surface area contributed by atoms with E-state index in [-0.39, 0.29) is 63.2 Å². The Kier molecular flexibility index (Phi) is 7.55. The summed E-state index contributed by atoms with van der Waals surface area (Å²) in [5.74, 6) is 1.05. The predicted molar refractivity (Wildman–Crippen MR) is 178 cm³/mol. The summed E-state index contributed by atoms with van der Waals surface area (Å²) in [6, 6.07) is 9.47. The third-order valence-electron chi connectivity index (χ3n) is 16.1. The largest absolute Gasteiger partial charge is 0.458 e. The molecule has 7 rings (SSSR count). The highest BCUT2D eigenvalue weighted by Crippen LogP contribution is 2.89. The average molecular weight is 637 g/mol. The molecule has 1 saturated heterocycles. The van der Waals surface area contributed by atoms with E-state index in [9.17, 15) is 4.79 Å². The number of rotatable bonds is 7. The molecule has 6 fully saturated rings. The van der Waals surface area contributed by atoms with Crippen molar-refractivity contribution in [2.24, 2.45) is 44.8 Å². The number of benzene rings is 1. The van der Waals surface area contributed by atoms with Crippen molar-refractivity contribution in [3.63, 3.8) is 0 Å². The van der Waals surface area contributed by atoms with Crippen LogP contribution in [0.1, 0.15) is 117 Å². The maximum absolute atomic E-state index is 13.3. The highest BCUT2D eigenvalue weighted by molar-refractivity contribution is 5.89. The summed E-state index contributed by atoms with van der Waals surface area (Å²) >= 11 is 0. The van der Waals surface area contributed by atoms with Gasteiger partial charge < -0.3 is 23.7 Å². The van der Waals surface area contributed by atoms with Gasteiger partial charge in [0.15, 0.2) is 0 Å². The molecule has 6 nitrogen and oxygen atoms in total. The standard InChI is InChI=1S/C40H60O6/c1-34(2)29(45-33(41)25-14-12-11-13-15-25)17-19-40-24-39(40)21-20-36(5)32(38(7)18-16-30(46-38)35(3,4)44-10)27(43-9)23-37(36,6)28(39)22-26(42-8)31(34)40/h11-15,26-32H,16-24H2,1-10H3/t26-,27-,28?,29-,30-,31-,32-,36+,37-,38+,39?,40?/m0/s1. The first kappa shape index (κ1) is 33.0. The molecule has 0 aromatic heterocycles. The van der Waals surface area contributed by atoms with Crippen molar-refractivity contribution in [2.45, 2.75) is 142 Å². The molecule has 1 aliphatic heterocycles. The van der Waals surface area contributed by atoms with Gasteiger partial charge in [-0.2, -0.15) is 0 Å². The van der Waals surface area contributed by atoms with Gasteiger partial charge in [0.2, 0.25) is 0 Å². The van der Waals surface area contributed by atoms with Crippen molar-refractivity contribution in [2.75, 3.05) is 21.3 Å². The third kappa shape index (κ3) is 4.18. The van der Waals surface area contributed by atoms with E-state index in [0.29, 0.717) is 28.7 Å². The molecule has 6 heteroatoms. The van der Waals surface area contributed by atoms with Crippen molar-refractivity contribution < 1.29 is 28.5 Å². The fraction of sp³-hybridized carbons (Fsp3) is 0.825. The molecule has 1 aromatic rings. The summed E-state index contributed by atoms with van der Waals surface area (Å²) in [6.45, 7) is 16.6. The first-order valence-electron chi connectivity index (χ1n) is 18.1. The van der Waals surface area contributed by atoms with Crippen LogP contribution in [-0.4, -0.2) is 62.9 Å². The Morgan fingerprint density at radius 3 is 2.17 bits per heavy atom. The summed E-state index contributed by atoms with van der Waals surface area (Å²) in [4.78, 5) is 13.3. The zero-order valence-electron chi connectivity index (χ0n) is 30.2. The normalized spacial score (nSPS) is 49.0. The van der Waals surface area contributed by atoms with Gasteiger partial charge in [-0.25, -0.2) is 4.79 Å².